The number of fused-ring (bicyclic) bond motifs is 1. The minimum atomic E-state index is -0.0527. The number of nitrogens with zero attached hydrogens (tertiary/aromatic N) is 1. The predicted octanol–water partition coefficient (Wildman–Crippen LogP) is 6.80. The smallest absolute Gasteiger partial charge is 0.159 e. The van der Waals surface area contributed by atoms with Gasteiger partial charge in [-0.3, -0.25) is 0 Å². The Bertz CT molecular complexity index is 1030. The van der Waals surface area contributed by atoms with Crippen LogP contribution in [0.5, 0.6) is 5.75 Å². The Hall–Kier alpha value is -1.82. The van der Waals surface area contributed by atoms with E-state index >= 15 is 0 Å². The maximum Gasteiger partial charge on any atom is 0.159 e. The van der Waals surface area contributed by atoms with E-state index in [9.17, 15) is 0 Å². The number of anilines is 1. The average Bonchev–Trinajstić information content (AvgIpc) is 2.80. The third kappa shape index (κ3) is 4.55. The number of hydrogen-bond donors (Lipinski definition) is 0. The van der Waals surface area contributed by atoms with Crippen LogP contribution in [0.25, 0.3) is 5.57 Å². The number of methoxy groups -OCH3 is 2. The van der Waals surface area contributed by atoms with Crippen LogP contribution in [0.15, 0.2) is 46.9 Å². The van der Waals surface area contributed by atoms with Gasteiger partial charge in [-0.25, -0.2) is 0 Å². The molecular formula is C29H36BrNO3. The van der Waals surface area contributed by atoms with Crippen molar-refractivity contribution in [2.45, 2.75) is 51.7 Å². The van der Waals surface area contributed by atoms with Gasteiger partial charge in [0.15, 0.2) is 6.29 Å². The summed E-state index contributed by atoms with van der Waals surface area (Å²) in [5.74, 6) is 1.53. The zero-order chi connectivity index (χ0) is 23.7. The minimum Gasteiger partial charge on any atom is -0.494 e. The lowest BCUT2D eigenvalue weighted by Crippen LogP contribution is -2.64. The molecule has 3 aliphatic rings. The second-order valence-corrected chi connectivity index (χ2v) is 11.2. The average molecular weight is 527 g/mol. The van der Waals surface area contributed by atoms with Gasteiger partial charge in [0, 0.05) is 48.8 Å². The lowest BCUT2D eigenvalue weighted by molar-refractivity contribution is -0.184. The molecule has 0 amide bonds. The number of unbranched alkanes of at least 4 members (excludes halogenated alkanes) is 1. The number of hydrogen-bond acceptors (Lipinski definition) is 4. The fourth-order valence-electron chi connectivity index (χ4n) is 6.04. The number of benzene rings is 2. The highest BCUT2D eigenvalue weighted by molar-refractivity contribution is 9.11. The van der Waals surface area contributed by atoms with Crippen LogP contribution in [0, 0.1) is 11.3 Å². The summed E-state index contributed by atoms with van der Waals surface area (Å²) in [6.45, 7) is 5.26. The van der Waals surface area contributed by atoms with Crippen LogP contribution in [0.4, 0.5) is 5.69 Å². The number of aryl methyl sites for hydroxylation is 1. The molecule has 1 aliphatic heterocycles. The Kier molecular flexibility index (Phi) is 7.06. The first-order chi connectivity index (χ1) is 16.6. The summed E-state index contributed by atoms with van der Waals surface area (Å²) in [6, 6.07) is 15.7. The van der Waals surface area contributed by atoms with Crippen molar-refractivity contribution < 1.29 is 14.2 Å². The van der Waals surface area contributed by atoms with Gasteiger partial charge in [-0.15, -0.1) is 0 Å². The Balaban J connectivity index is 1.25. The molecule has 1 saturated carbocycles. The summed E-state index contributed by atoms with van der Waals surface area (Å²) in [5.41, 5.74) is 7.08. The van der Waals surface area contributed by atoms with Gasteiger partial charge >= 0.3 is 0 Å². The quantitative estimate of drug-likeness (QED) is 0.266. The van der Waals surface area contributed by atoms with E-state index in [1.54, 1.807) is 14.2 Å². The molecule has 1 spiro atoms. The van der Waals surface area contributed by atoms with Crippen molar-refractivity contribution in [2.24, 2.45) is 11.3 Å². The molecule has 2 aliphatic carbocycles. The van der Waals surface area contributed by atoms with Crippen LogP contribution in [-0.2, 0) is 15.9 Å². The second-order valence-electron chi connectivity index (χ2n) is 10.2. The number of allylic oxidation sites excluding steroid dienone is 1. The Morgan fingerprint density at radius 2 is 1.76 bits per heavy atom. The van der Waals surface area contributed by atoms with E-state index in [0.29, 0.717) is 11.3 Å². The normalized spacial score (nSPS) is 19.3. The van der Waals surface area contributed by atoms with Crippen LogP contribution >= 0.6 is 15.9 Å². The fourth-order valence-corrected chi connectivity index (χ4v) is 6.68. The molecule has 4 nitrogen and oxygen atoms in total. The summed E-state index contributed by atoms with van der Waals surface area (Å²) in [5, 5.41) is 0. The van der Waals surface area contributed by atoms with Crippen molar-refractivity contribution in [3.05, 3.63) is 63.6 Å². The van der Waals surface area contributed by atoms with Crippen molar-refractivity contribution in [2.75, 3.05) is 38.8 Å². The maximum absolute atomic E-state index is 5.96. The largest absolute Gasteiger partial charge is 0.494 e. The van der Waals surface area contributed by atoms with E-state index in [-0.39, 0.29) is 6.29 Å². The van der Waals surface area contributed by atoms with Crippen molar-refractivity contribution in [1.82, 2.24) is 0 Å². The van der Waals surface area contributed by atoms with Crippen LogP contribution in [0.1, 0.15) is 55.7 Å². The molecule has 0 aromatic heterocycles. The topological polar surface area (TPSA) is 30.9 Å². The van der Waals surface area contributed by atoms with E-state index in [1.807, 2.05) is 0 Å². The molecule has 0 radical (unpaired) electrons. The summed E-state index contributed by atoms with van der Waals surface area (Å²) >= 11 is 3.88. The van der Waals surface area contributed by atoms with Crippen molar-refractivity contribution in [3.8, 4) is 5.75 Å². The summed E-state index contributed by atoms with van der Waals surface area (Å²) in [4.78, 5) is 2.51. The maximum atomic E-state index is 5.96. The van der Waals surface area contributed by atoms with Gasteiger partial charge in [-0.1, -0.05) is 47.5 Å². The van der Waals surface area contributed by atoms with Gasteiger partial charge in [0.2, 0.25) is 0 Å². The highest BCUT2D eigenvalue weighted by Gasteiger charge is 2.54. The Morgan fingerprint density at radius 3 is 2.44 bits per heavy atom. The van der Waals surface area contributed by atoms with Crippen molar-refractivity contribution in [3.63, 3.8) is 0 Å². The second kappa shape index (κ2) is 10.0. The number of rotatable bonds is 9. The minimum absolute atomic E-state index is 0.0527. The van der Waals surface area contributed by atoms with Gasteiger partial charge in [0.05, 0.1) is 6.61 Å². The molecule has 5 rings (SSSR count). The molecule has 1 heterocycles. The SMILES string of the molecule is CCCCOc1ccc2c(c1)CCC(Br)=C2c1ccc(N2CC3(CC(C(OC)OC)C3)C2)cc1. The standard InChI is InChI=1S/C29H36BrNO3/c1-4-5-14-34-24-11-12-25-21(15-24)8-13-26(30)27(25)20-6-9-23(10-7-20)31-18-29(19-31)16-22(17-29)28(32-2)33-3/h6-7,9-12,15,22,28H,4-5,8,13-14,16-19H2,1-3H3. The van der Waals surface area contributed by atoms with E-state index in [4.69, 9.17) is 14.2 Å². The van der Waals surface area contributed by atoms with E-state index in [1.165, 1.54) is 45.3 Å². The van der Waals surface area contributed by atoms with Crippen LogP contribution in [-0.4, -0.2) is 40.2 Å². The van der Waals surface area contributed by atoms with Gasteiger partial charge in [0.1, 0.15) is 5.75 Å². The van der Waals surface area contributed by atoms with Crippen LogP contribution < -0.4 is 9.64 Å². The first-order valence-corrected chi connectivity index (χ1v) is 13.4. The molecule has 2 aromatic rings. The van der Waals surface area contributed by atoms with E-state index < -0.39 is 0 Å². The molecule has 5 heteroatoms. The van der Waals surface area contributed by atoms with E-state index in [2.05, 4.69) is 70.2 Å². The summed E-state index contributed by atoms with van der Waals surface area (Å²) < 4.78 is 18.2. The summed E-state index contributed by atoms with van der Waals surface area (Å²) in [6.07, 6.45) is 6.68. The lowest BCUT2D eigenvalue weighted by Gasteiger charge is -2.60. The highest BCUT2D eigenvalue weighted by atomic mass is 79.9. The molecule has 0 N–H and O–H groups in total. The molecule has 34 heavy (non-hydrogen) atoms. The van der Waals surface area contributed by atoms with Crippen LogP contribution in [0.2, 0.25) is 0 Å². The molecule has 2 aromatic carbocycles. The highest BCUT2D eigenvalue weighted by Crippen LogP contribution is 2.54. The van der Waals surface area contributed by atoms with Gasteiger partial charge < -0.3 is 19.1 Å². The molecule has 0 atom stereocenters. The van der Waals surface area contributed by atoms with Gasteiger partial charge in [-0.05, 0) is 78.6 Å². The van der Waals surface area contributed by atoms with Gasteiger partial charge in [-0.2, -0.15) is 0 Å². The molecule has 0 bridgehead atoms. The molecular weight excluding hydrogens is 490 g/mol. The van der Waals surface area contributed by atoms with E-state index in [0.717, 1.165) is 51.1 Å². The fraction of sp³-hybridized carbons (Fsp3) is 0.517. The third-order valence-corrected chi connectivity index (χ3v) is 8.60. The zero-order valence-corrected chi connectivity index (χ0v) is 22.2. The Labute approximate surface area is 212 Å². The zero-order valence-electron chi connectivity index (χ0n) is 20.6. The first-order valence-electron chi connectivity index (χ1n) is 12.6. The lowest BCUT2D eigenvalue weighted by atomic mass is 9.57. The van der Waals surface area contributed by atoms with Gasteiger partial charge in [0.25, 0.3) is 0 Å². The summed E-state index contributed by atoms with van der Waals surface area (Å²) in [7, 11) is 3.49. The third-order valence-electron chi connectivity index (χ3n) is 7.81. The molecule has 182 valence electrons. The molecule has 2 fully saturated rings. The van der Waals surface area contributed by atoms with Crippen molar-refractivity contribution >= 4 is 27.2 Å². The predicted molar refractivity (Wildman–Crippen MR) is 142 cm³/mol. The van der Waals surface area contributed by atoms with Crippen LogP contribution in [0.3, 0.4) is 0 Å². The number of ether oxygens (including phenoxy) is 3. The molecule has 1 saturated heterocycles. The number of halogens is 1. The Morgan fingerprint density at radius 1 is 1.03 bits per heavy atom. The monoisotopic (exact) mass is 525 g/mol. The van der Waals surface area contributed by atoms with Crippen molar-refractivity contribution in [1.29, 1.82) is 0 Å². The molecule has 0 unspecified atom stereocenters. The first kappa shape index (κ1) is 23.9.